The van der Waals surface area contributed by atoms with E-state index < -0.39 is 0 Å². The van der Waals surface area contributed by atoms with E-state index in [9.17, 15) is 0 Å². The number of aryl methyl sites for hydroxylation is 2. The van der Waals surface area contributed by atoms with Gasteiger partial charge in [0.15, 0.2) is 11.0 Å². The minimum absolute atomic E-state index is 0.360. The van der Waals surface area contributed by atoms with E-state index in [4.69, 9.17) is 0 Å². The molecule has 4 heteroatoms. The molecule has 0 aliphatic carbocycles. The van der Waals surface area contributed by atoms with Crippen LogP contribution < -0.4 is 4.57 Å². The topological polar surface area (TPSA) is 21.7 Å². The fraction of sp³-hybridized carbons (Fsp3) is 0.250. The van der Waals surface area contributed by atoms with Crippen LogP contribution in [0.1, 0.15) is 56.2 Å². The van der Waals surface area contributed by atoms with Crippen LogP contribution in [0.2, 0.25) is 0 Å². The lowest BCUT2D eigenvalue weighted by molar-refractivity contribution is -0.633. The number of hydrogen-bond donors (Lipinski definition) is 0. The number of nitrogens with zero attached hydrogens (tertiary/aromatic N) is 3. The van der Waals surface area contributed by atoms with Crippen molar-refractivity contribution in [2.45, 2.75) is 46.5 Å². The van der Waals surface area contributed by atoms with E-state index in [1.165, 1.54) is 65.0 Å². The number of pyridine rings is 1. The summed E-state index contributed by atoms with van der Waals surface area (Å²) in [5.74, 6) is 1.95. The molecular formula is C32H32N3S+. The zero-order chi connectivity index (χ0) is 25.1. The van der Waals surface area contributed by atoms with Gasteiger partial charge >= 0.3 is 0 Å². The summed E-state index contributed by atoms with van der Waals surface area (Å²) in [5.41, 5.74) is 9.16. The number of benzene rings is 3. The quantitative estimate of drug-likeness (QED) is 0.227. The standard InChI is InChI=1S/C32H32N3S/c1-19(2)23-17-24-25-18-33-16-15-28(25)36-31(24)29(20(3)4)30(23)35-27-14-10-9-13-26(27)34(6)32(35)22-12-8-7-11-21(22)5/h7-20H,1-6H3/q+1. The number of hydrogen-bond acceptors (Lipinski definition) is 2. The van der Waals surface area contributed by atoms with Crippen LogP contribution in [0.5, 0.6) is 0 Å². The summed E-state index contributed by atoms with van der Waals surface area (Å²) in [4.78, 5) is 4.47. The fourth-order valence-electron chi connectivity index (χ4n) is 5.68. The van der Waals surface area contributed by atoms with Crippen molar-refractivity contribution in [3.63, 3.8) is 0 Å². The molecule has 0 amide bonds. The van der Waals surface area contributed by atoms with Gasteiger partial charge in [-0.25, -0.2) is 4.57 Å². The van der Waals surface area contributed by atoms with Gasteiger partial charge in [-0.15, -0.1) is 11.3 Å². The molecule has 0 saturated heterocycles. The Kier molecular flexibility index (Phi) is 5.45. The fourth-order valence-corrected chi connectivity index (χ4v) is 7.02. The molecule has 3 nitrogen and oxygen atoms in total. The van der Waals surface area contributed by atoms with E-state index in [0.717, 1.165) is 0 Å². The first-order valence-electron chi connectivity index (χ1n) is 12.8. The Morgan fingerprint density at radius 3 is 2.39 bits per heavy atom. The molecule has 6 aromatic rings. The maximum Gasteiger partial charge on any atom is 0.295 e. The minimum Gasteiger partial charge on any atom is -0.264 e. The monoisotopic (exact) mass is 490 g/mol. The molecule has 0 fully saturated rings. The molecule has 0 atom stereocenters. The van der Waals surface area contributed by atoms with Crippen LogP contribution in [0.25, 0.3) is 48.3 Å². The molecule has 0 radical (unpaired) electrons. The molecule has 0 unspecified atom stereocenters. The van der Waals surface area contributed by atoms with Gasteiger partial charge in [0, 0.05) is 43.7 Å². The summed E-state index contributed by atoms with van der Waals surface area (Å²) in [6.07, 6.45) is 3.94. The average Bonchev–Trinajstić information content (AvgIpc) is 3.38. The van der Waals surface area contributed by atoms with Gasteiger partial charge < -0.3 is 0 Å². The zero-order valence-electron chi connectivity index (χ0n) is 21.8. The third-order valence-corrected chi connectivity index (χ3v) is 8.64. The second-order valence-electron chi connectivity index (χ2n) is 10.4. The lowest BCUT2D eigenvalue weighted by Gasteiger charge is -2.20. The van der Waals surface area contributed by atoms with Crippen LogP contribution in [0.15, 0.2) is 73.1 Å². The van der Waals surface area contributed by atoms with Gasteiger partial charge in [0.2, 0.25) is 0 Å². The third-order valence-electron chi connectivity index (χ3n) is 7.42. The SMILES string of the molecule is Cc1ccccc1-c1n(-c2c(C(C)C)cc3c(sc4ccncc43)c2C(C)C)c2ccccc2[n+]1C. The van der Waals surface area contributed by atoms with Crippen LogP contribution in [0.3, 0.4) is 0 Å². The summed E-state index contributed by atoms with van der Waals surface area (Å²) in [6.45, 7) is 11.5. The Morgan fingerprint density at radius 1 is 0.889 bits per heavy atom. The largest absolute Gasteiger partial charge is 0.295 e. The highest BCUT2D eigenvalue weighted by Crippen LogP contribution is 2.45. The molecule has 0 aliphatic heterocycles. The predicted octanol–water partition coefficient (Wildman–Crippen LogP) is 8.44. The minimum atomic E-state index is 0.360. The van der Waals surface area contributed by atoms with E-state index in [-0.39, 0.29) is 0 Å². The third kappa shape index (κ3) is 3.31. The lowest BCUT2D eigenvalue weighted by atomic mass is 9.90. The Labute approximate surface area is 216 Å². The van der Waals surface area contributed by atoms with E-state index >= 15 is 0 Å². The molecule has 0 bridgehead atoms. The van der Waals surface area contributed by atoms with Gasteiger partial charge in [0.25, 0.3) is 5.82 Å². The molecule has 0 saturated carbocycles. The smallest absolute Gasteiger partial charge is 0.264 e. The molecule has 3 aromatic carbocycles. The normalized spacial score (nSPS) is 12.1. The van der Waals surface area contributed by atoms with Gasteiger partial charge in [0.05, 0.1) is 12.6 Å². The molecule has 0 N–H and O–H groups in total. The van der Waals surface area contributed by atoms with E-state index in [0.29, 0.717) is 11.8 Å². The van der Waals surface area contributed by atoms with Gasteiger partial charge in [-0.05, 0) is 54.7 Å². The number of imidazole rings is 1. The summed E-state index contributed by atoms with van der Waals surface area (Å²) >= 11 is 1.90. The molecule has 0 aliphatic rings. The number of aromatic nitrogens is 3. The van der Waals surface area contributed by atoms with Crippen molar-refractivity contribution in [1.82, 2.24) is 9.55 Å². The number of para-hydroxylation sites is 2. The predicted molar refractivity (Wildman–Crippen MR) is 153 cm³/mol. The molecule has 3 heterocycles. The Balaban J connectivity index is 1.87. The zero-order valence-corrected chi connectivity index (χ0v) is 22.6. The first-order valence-corrected chi connectivity index (χ1v) is 13.6. The highest BCUT2D eigenvalue weighted by molar-refractivity contribution is 7.26. The highest BCUT2D eigenvalue weighted by atomic mass is 32.1. The van der Waals surface area contributed by atoms with Crippen LogP contribution in [-0.2, 0) is 7.05 Å². The van der Waals surface area contributed by atoms with Crippen molar-refractivity contribution in [3.05, 3.63) is 89.7 Å². The Bertz CT molecular complexity index is 1770. The van der Waals surface area contributed by atoms with Gasteiger partial charge in [-0.1, -0.05) is 58.0 Å². The van der Waals surface area contributed by atoms with Crippen LogP contribution in [0.4, 0.5) is 0 Å². The number of thiophene rings is 1. The van der Waals surface area contributed by atoms with Gasteiger partial charge in [0.1, 0.15) is 5.69 Å². The van der Waals surface area contributed by atoms with Gasteiger partial charge in [-0.2, -0.15) is 4.57 Å². The maximum atomic E-state index is 4.47. The first-order chi connectivity index (χ1) is 17.4. The molecule has 3 aromatic heterocycles. The van der Waals surface area contributed by atoms with Crippen LogP contribution >= 0.6 is 11.3 Å². The van der Waals surface area contributed by atoms with E-state index in [1.54, 1.807) is 0 Å². The molecule has 180 valence electrons. The van der Waals surface area contributed by atoms with Crippen molar-refractivity contribution in [2.75, 3.05) is 0 Å². The van der Waals surface area contributed by atoms with Crippen molar-refractivity contribution < 1.29 is 4.57 Å². The molecule has 0 spiro atoms. The average molecular weight is 491 g/mol. The second kappa shape index (κ2) is 8.56. The van der Waals surface area contributed by atoms with Crippen molar-refractivity contribution in [2.24, 2.45) is 7.05 Å². The van der Waals surface area contributed by atoms with Crippen molar-refractivity contribution >= 4 is 42.5 Å². The summed E-state index contributed by atoms with van der Waals surface area (Å²) in [7, 11) is 2.20. The Hall–Kier alpha value is -3.50. The van der Waals surface area contributed by atoms with E-state index in [1.807, 2.05) is 23.7 Å². The van der Waals surface area contributed by atoms with Crippen LogP contribution in [-0.4, -0.2) is 9.55 Å². The first kappa shape index (κ1) is 22.9. The molecular weight excluding hydrogens is 458 g/mol. The summed E-state index contributed by atoms with van der Waals surface area (Å²) in [6, 6.07) is 22.2. The molecule has 36 heavy (non-hydrogen) atoms. The maximum absolute atomic E-state index is 4.47. The number of rotatable bonds is 4. The molecule has 6 rings (SSSR count). The highest BCUT2D eigenvalue weighted by Gasteiger charge is 2.32. The van der Waals surface area contributed by atoms with Crippen molar-refractivity contribution in [3.8, 4) is 17.1 Å². The number of fused-ring (bicyclic) bond motifs is 4. The summed E-state index contributed by atoms with van der Waals surface area (Å²) < 4.78 is 7.59. The Morgan fingerprint density at radius 2 is 1.64 bits per heavy atom. The van der Waals surface area contributed by atoms with E-state index in [2.05, 4.69) is 116 Å². The van der Waals surface area contributed by atoms with Crippen LogP contribution in [0, 0.1) is 6.92 Å². The summed E-state index contributed by atoms with van der Waals surface area (Å²) in [5, 5.41) is 2.59. The van der Waals surface area contributed by atoms with Gasteiger partial charge in [-0.3, -0.25) is 4.98 Å². The lowest BCUT2D eigenvalue weighted by Crippen LogP contribution is -2.30. The second-order valence-corrected chi connectivity index (χ2v) is 11.5. The van der Waals surface area contributed by atoms with Crippen molar-refractivity contribution in [1.29, 1.82) is 0 Å².